The van der Waals surface area contributed by atoms with Crippen LogP contribution >= 0.6 is 24.8 Å². The number of β-amino-alcohol motifs (C(OH)–C–C–N with tert-alkyl or cyclic N) is 1. The third-order valence-corrected chi connectivity index (χ3v) is 4.72. The second kappa shape index (κ2) is 9.80. The Bertz CT molecular complexity index is 940. The highest BCUT2D eigenvalue weighted by Gasteiger charge is 2.25. The summed E-state index contributed by atoms with van der Waals surface area (Å²) in [6, 6.07) is 15.0. The number of nitrogens with one attached hydrogen (secondary N) is 2. The van der Waals surface area contributed by atoms with Crippen LogP contribution in [0.25, 0.3) is 22.3 Å². The average molecular weight is 421 g/mol. The summed E-state index contributed by atoms with van der Waals surface area (Å²) in [5.41, 5.74) is 2.71. The highest BCUT2D eigenvalue weighted by Crippen LogP contribution is 2.23. The quantitative estimate of drug-likeness (QED) is 0.603. The number of fused-ring (bicyclic) bond motifs is 1. The summed E-state index contributed by atoms with van der Waals surface area (Å²) in [7, 11) is 0. The van der Waals surface area contributed by atoms with Crippen LogP contribution in [0.15, 0.2) is 54.7 Å². The minimum atomic E-state index is -0.423. The van der Waals surface area contributed by atoms with E-state index < -0.39 is 6.10 Å². The largest absolute Gasteiger partial charge is 0.391 e. The number of halogens is 2. The Labute approximate surface area is 175 Å². The molecule has 3 heterocycles. The number of aromatic nitrogens is 2. The smallest absolute Gasteiger partial charge is 0.252 e. The van der Waals surface area contributed by atoms with Gasteiger partial charge in [-0.05, 0) is 24.3 Å². The Hall–Kier alpha value is -2.25. The number of carbonyl (C=O) groups is 1. The summed E-state index contributed by atoms with van der Waals surface area (Å²) in [6.45, 7) is 1.71. The summed E-state index contributed by atoms with van der Waals surface area (Å²) in [5.74, 6) is -0.137. The zero-order valence-electron chi connectivity index (χ0n) is 15.0. The van der Waals surface area contributed by atoms with Gasteiger partial charge in [-0.1, -0.05) is 24.3 Å². The second-order valence-corrected chi connectivity index (χ2v) is 6.48. The molecular formula is C20H22Cl2N4O2. The van der Waals surface area contributed by atoms with Gasteiger partial charge >= 0.3 is 0 Å². The van der Waals surface area contributed by atoms with Crippen LogP contribution in [-0.4, -0.2) is 46.7 Å². The van der Waals surface area contributed by atoms with Crippen molar-refractivity contribution in [2.75, 3.05) is 19.6 Å². The lowest BCUT2D eigenvalue weighted by molar-refractivity contribution is 0.0928. The lowest BCUT2D eigenvalue weighted by Gasteiger charge is -2.15. The van der Waals surface area contributed by atoms with E-state index in [1.807, 2.05) is 42.5 Å². The molecule has 1 amide bonds. The molecule has 1 saturated heterocycles. The van der Waals surface area contributed by atoms with E-state index in [4.69, 9.17) is 0 Å². The molecule has 0 spiro atoms. The normalized spacial score (nSPS) is 18.2. The van der Waals surface area contributed by atoms with Crippen molar-refractivity contribution in [3.63, 3.8) is 0 Å². The number of aliphatic hydroxyl groups is 1. The van der Waals surface area contributed by atoms with Gasteiger partial charge in [-0.25, -0.2) is 4.98 Å². The minimum Gasteiger partial charge on any atom is -0.391 e. The molecule has 4 rings (SSSR count). The van der Waals surface area contributed by atoms with Crippen molar-refractivity contribution >= 4 is 41.6 Å². The highest BCUT2D eigenvalue weighted by molar-refractivity contribution is 6.07. The Kier molecular flexibility index (Phi) is 7.71. The molecule has 1 aliphatic heterocycles. The van der Waals surface area contributed by atoms with E-state index in [2.05, 4.69) is 20.6 Å². The van der Waals surface area contributed by atoms with Crippen molar-refractivity contribution in [1.82, 2.24) is 20.6 Å². The number of rotatable bonds is 4. The monoisotopic (exact) mass is 420 g/mol. The summed E-state index contributed by atoms with van der Waals surface area (Å²) in [4.78, 5) is 21.8. The van der Waals surface area contributed by atoms with Crippen molar-refractivity contribution in [3.8, 4) is 11.4 Å². The molecule has 0 radical (unpaired) electrons. The fourth-order valence-electron chi connectivity index (χ4n) is 3.26. The van der Waals surface area contributed by atoms with Gasteiger partial charge in [0.1, 0.15) is 0 Å². The van der Waals surface area contributed by atoms with Crippen molar-refractivity contribution in [3.05, 3.63) is 60.3 Å². The Morgan fingerprint density at radius 1 is 1.11 bits per heavy atom. The number of benzene rings is 1. The van der Waals surface area contributed by atoms with E-state index in [9.17, 15) is 9.90 Å². The molecule has 0 bridgehead atoms. The molecule has 1 aliphatic rings. The highest BCUT2D eigenvalue weighted by atomic mass is 35.5. The van der Waals surface area contributed by atoms with Crippen molar-refractivity contribution in [2.45, 2.75) is 6.10 Å². The van der Waals surface area contributed by atoms with Gasteiger partial charge in [0.25, 0.3) is 5.91 Å². The molecule has 8 heteroatoms. The second-order valence-electron chi connectivity index (χ2n) is 6.48. The van der Waals surface area contributed by atoms with Crippen LogP contribution in [-0.2, 0) is 0 Å². The van der Waals surface area contributed by atoms with Crippen LogP contribution in [0, 0.1) is 5.92 Å². The lowest BCUT2D eigenvalue weighted by Crippen LogP contribution is -2.34. The number of aliphatic hydroxyl groups excluding tert-OH is 1. The molecule has 2 aromatic heterocycles. The minimum absolute atomic E-state index is 0. The van der Waals surface area contributed by atoms with E-state index >= 15 is 0 Å². The van der Waals surface area contributed by atoms with Crippen LogP contribution in [0.3, 0.4) is 0 Å². The van der Waals surface area contributed by atoms with Gasteiger partial charge in [0, 0.05) is 37.1 Å². The zero-order chi connectivity index (χ0) is 17.9. The summed E-state index contributed by atoms with van der Waals surface area (Å²) >= 11 is 0. The zero-order valence-corrected chi connectivity index (χ0v) is 16.7. The fourth-order valence-corrected chi connectivity index (χ4v) is 3.26. The molecule has 148 valence electrons. The molecule has 28 heavy (non-hydrogen) atoms. The van der Waals surface area contributed by atoms with Gasteiger partial charge in [0.05, 0.1) is 28.6 Å². The molecule has 0 aliphatic carbocycles. The molecule has 2 unspecified atom stereocenters. The first-order chi connectivity index (χ1) is 12.7. The number of hydrogen-bond donors (Lipinski definition) is 3. The van der Waals surface area contributed by atoms with Gasteiger partial charge in [-0.15, -0.1) is 24.8 Å². The SMILES string of the molecule is Cl.Cl.O=C(NCC1CNCC1O)c1cc(-c2ccccn2)nc2ccccc12. The van der Waals surface area contributed by atoms with Gasteiger partial charge in [-0.2, -0.15) is 0 Å². The molecule has 6 nitrogen and oxygen atoms in total. The number of pyridine rings is 2. The molecule has 2 atom stereocenters. The van der Waals surface area contributed by atoms with E-state index in [1.165, 1.54) is 0 Å². The number of carbonyl (C=O) groups excluding carboxylic acids is 1. The van der Waals surface area contributed by atoms with Crippen LogP contribution in [0.4, 0.5) is 0 Å². The average Bonchev–Trinajstić information content (AvgIpc) is 3.10. The molecule has 3 aromatic rings. The lowest BCUT2D eigenvalue weighted by atomic mass is 10.0. The summed E-state index contributed by atoms with van der Waals surface area (Å²) in [6.07, 6.45) is 1.29. The van der Waals surface area contributed by atoms with Gasteiger partial charge < -0.3 is 15.7 Å². The van der Waals surface area contributed by atoms with Gasteiger partial charge in [0.2, 0.25) is 0 Å². The van der Waals surface area contributed by atoms with Crippen LogP contribution in [0.2, 0.25) is 0 Å². The van der Waals surface area contributed by atoms with E-state index in [0.29, 0.717) is 30.9 Å². The maximum atomic E-state index is 12.8. The molecular weight excluding hydrogens is 399 g/mol. The van der Waals surface area contributed by atoms with E-state index in [1.54, 1.807) is 12.3 Å². The van der Waals surface area contributed by atoms with Crippen LogP contribution < -0.4 is 10.6 Å². The molecule has 0 saturated carbocycles. The predicted octanol–water partition coefficient (Wildman–Crippen LogP) is 2.45. The van der Waals surface area contributed by atoms with Crippen molar-refractivity contribution in [2.24, 2.45) is 5.92 Å². The Morgan fingerprint density at radius 3 is 2.61 bits per heavy atom. The van der Waals surface area contributed by atoms with Crippen molar-refractivity contribution in [1.29, 1.82) is 0 Å². The first-order valence-corrected chi connectivity index (χ1v) is 8.70. The van der Waals surface area contributed by atoms with Crippen LogP contribution in [0.5, 0.6) is 0 Å². The third kappa shape index (κ3) is 4.59. The Balaban J connectivity index is 0.00000140. The molecule has 1 fully saturated rings. The van der Waals surface area contributed by atoms with Crippen molar-refractivity contribution < 1.29 is 9.90 Å². The third-order valence-electron chi connectivity index (χ3n) is 4.72. The van der Waals surface area contributed by atoms with E-state index in [0.717, 1.165) is 16.6 Å². The van der Waals surface area contributed by atoms with Gasteiger partial charge in [-0.3, -0.25) is 9.78 Å². The number of para-hydroxylation sites is 1. The van der Waals surface area contributed by atoms with E-state index in [-0.39, 0.29) is 36.6 Å². The maximum absolute atomic E-state index is 12.8. The first-order valence-electron chi connectivity index (χ1n) is 8.70. The summed E-state index contributed by atoms with van der Waals surface area (Å²) < 4.78 is 0. The Morgan fingerprint density at radius 2 is 1.89 bits per heavy atom. The van der Waals surface area contributed by atoms with Gasteiger partial charge in [0.15, 0.2) is 0 Å². The summed E-state index contributed by atoms with van der Waals surface area (Å²) in [5, 5.41) is 16.8. The number of amides is 1. The van der Waals surface area contributed by atoms with Crippen LogP contribution in [0.1, 0.15) is 10.4 Å². The predicted molar refractivity (Wildman–Crippen MR) is 114 cm³/mol. The number of nitrogens with zero attached hydrogens (tertiary/aromatic N) is 2. The fraction of sp³-hybridized carbons (Fsp3) is 0.250. The first kappa shape index (κ1) is 22.0. The molecule has 3 N–H and O–H groups in total. The standard InChI is InChI=1S/C20H20N4O2.2ClH/c25-19-12-21-10-13(19)11-23-20(26)15-9-18(17-7-3-4-8-22-17)24-16-6-2-1-5-14(15)16;;/h1-9,13,19,21,25H,10-12H2,(H,23,26);2*1H. The number of hydrogen-bond acceptors (Lipinski definition) is 5. The topological polar surface area (TPSA) is 87.1 Å². The molecule has 1 aromatic carbocycles. The maximum Gasteiger partial charge on any atom is 0.252 e.